The molecular weight excluding hydrogens is 324 g/mol. The van der Waals surface area contributed by atoms with Crippen molar-refractivity contribution >= 4 is 16.7 Å². The Morgan fingerprint density at radius 3 is 2.81 bits per heavy atom. The maximum atomic E-state index is 10.9. The van der Waals surface area contributed by atoms with Gasteiger partial charge in [0.1, 0.15) is 0 Å². The van der Waals surface area contributed by atoms with E-state index in [1.807, 2.05) is 11.9 Å². The summed E-state index contributed by atoms with van der Waals surface area (Å²) in [6.45, 7) is 3.47. The van der Waals surface area contributed by atoms with E-state index in [-0.39, 0.29) is 6.54 Å². The van der Waals surface area contributed by atoms with Gasteiger partial charge in [-0.05, 0) is 75.1 Å². The Balaban J connectivity index is 1.48. The number of aryl methyl sites for hydroxylation is 1. The van der Waals surface area contributed by atoms with Gasteiger partial charge in [0.05, 0.1) is 6.54 Å². The highest BCUT2D eigenvalue weighted by molar-refractivity contribution is 5.85. The predicted octanol–water partition coefficient (Wildman–Crippen LogP) is 3.64. The maximum absolute atomic E-state index is 10.9. The minimum absolute atomic E-state index is 0.145. The molecule has 0 radical (unpaired) electrons. The first kappa shape index (κ1) is 18.9. The summed E-state index contributed by atoms with van der Waals surface area (Å²) in [7, 11) is 1.94. The van der Waals surface area contributed by atoms with E-state index in [0.717, 1.165) is 45.3 Å². The molecule has 1 fully saturated rings. The first-order valence-corrected chi connectivity index (χ1v) is 9.74. The highest BCUT2D eigenvalue weighted by atomic mass is 16.4. The van der Waals surface area contributed by atoms with Gasteiger partial charge in [0, 0.05) is 6.04 Å². The van der Waals surface area contributed by atoms with Gasteiger partial charge in [-0.25, -0.2) is 0 Å². The molecule has 1 aliphatic heterocycles. The van der Waals surface area contributed by atoms with Gasteiger partial charge >= 0.3 is 5.97 Å². The molecule has 2 aromatic carbocycles. The number of rotatable bonds is 7. The van der Waals surface area contributed by atoms with Crippen molar-refractivity contribution < 1.29 is 9.90 Å². The smallest absolute Gasteiger partial charge is 0.317 e. The van der Waals surface area contributed by atoms with Crippen LogP contribution >= 0.6 is 0 Å². The number of likely N-dealkylation sites (N-methyl/N-ethyl adjacent to an activating group) is 1. The highest BCUT2D eigenvalue weighted by Crippen LogP contribution is 2.20. The lowest BCUT2D eigenvalue weighted by molar-refractivity contribution is -0.138. The van der Waals surface area contributed by atoms with Crippen molar-refractivity contribution in [1.29, 1.82) is 0 Å². The summed E-state index contributed by atoms with van der Waals surface area (Å²) in [5.41, 5.74) is 1.44. The number of carbonyl (C=O) groups is 1. The van der Waals surface area contributed by atoms with Crippen LogP contribution in [0.15, 0.2) is 42.5 Å². The van der Waals surface area contributed by atoms with Gasteiger partial charge in [0.25, 0.3) is 0 Å². The maximum Gasteiger partial charge on any atom is 0.317 e. The fourth-order valence-corrected chi connectivity index (χ4v) is 4.15. The van der Waals surface area contributed by atoms with Gasteiger partial charge < -0.3 is 10.0 Å². The Labute approximate surface area is 156 Å². The molecule has 26 heavy (non-hydrogen) atoms. The van der Waals surface area contributed by atoms with Crippen LogP contribution in [0.3, 0.4) is 0 Å². The van der Waals surface area contributed by atoms with Gasteiger partial charge in [-0.15, -0.1) is 0 Å². The number of fused-ring (bicyclic) bond motifs is 1. The molecule has 0 aliphatic carbocycles. The van der Waals surface area contributed by atoms with Crippen LogP contribution in [0.1, 0.15) is 31.2 Å². The van der Waals surface area contributed by atoms with Gasteiger partial charge in [-0.2, -0.15) is 0 Å². The monoisotopic (exact) mass is 354 g/mol. The summed E-state index contributed by atoms with van der Waals surface area (Å²) in [6.07, 6.45) is 5.61. The van der Waals surface area contributed by atoms with E-state index in [1.54, 1.807) is 0 Å². The predicted molar refractivity (Wildman–Crippen MR) is 107 cm³/mol. The van der Waals surface area contributed by atoms with E-state index in [1.165, 1.54) is 22.8 Å². The molecule has 140 valence electrons. The van der Waals surface area contributed by atoms with Crippen molar-refractivity contribution in [2.75, 3.05) is 33.2 Å². The average molecular weight is 354 g/mol. The van der Waals surface area contributed by atoms with Crippen LogP contribution in [-0.2, 0) is 11.2 Å². The molecule has 1 N–H and O–H groups in total. The number of hydrogen-bond donors (Lipinski definition) is 1. The summed E-state index contributed by atoms with van der Waals surface area (Å²) in [4.78, 5) is 15.5. The molecule has 0 aromatic heterocycles. The molecule has 0 saturated carbocycles. The summed E-state index contributed by atoms with van der Waals surface area (Å²) < 4.78 is 0. The van der Waals surface area contributed by atoms with Gasteiger partial charge in [-0.3, -0.25) is 9.69 Å². The van der Waals surface area contributed by atoms with Gasteiger partial charge in [-0.1, -0.05) is 42.5 Å². The second-order valence-corrected chi connectivity index (χ2v) is 7.48. The molecule has 4 nitrogen and oxygen atoms in total. The Morgan fingerprint density at radius 1 is 1.15 bits per heavy atom. The van der Waals surface area contributed by atoms with E-state index in [2.05, 4.69) is 47.4 Å². The zero-order valence-corrected chi connectivity index (χ0v) is 15.7. The lowest BCUT2D eigenvalue weighted by Gasteiger charge is -2.25. The molecule has 1 heterocycles. The summed E-state index contributed by atoms with van der Waals surface area (Å²) >= 11 is 0. The third-order valence-corrected chi connectivity index (χ3v) is 5.60. The van der Waals surface area contributed by atoms with Crippen LogP contribution in [0, 0.1) is 0 Å². The van der Waals surface area contributed by atoms with E-state index < -0.39 is 5.97 Å². The molecule has 0 spiro atoms. The second-order valence-electron chi connectivity index (χ2n) is 7.48. The van der Waals surface area contributed by atoms with Crippen LogP contribution in [-0.4, -0.2) is 60.1 Å². The van der Waals surface area contributed by atoms with Crippen LogP contribution < -0.4 is 0 Å². The zero-order valence-electron chi connectivity index (χ0n) is 15.7. The summed E-state index contributed by atoms with van der Waals surface area (Å²) in [6, 6.07) is 15.6. The third kappa shape index (κ3) is 5.05. The number of benzene rings is 2. The van der Waals surface area contributed by atoms with Crippen molar-refractivity contribution in [3.8, 4) is 0 Å². The zero-order chi connectivity index (χ0) is 18.4. The molecule has 1 atom stereocenters. The topological polar surface area (TPSA) is 43.8 Å². The molecule has 0 unspecified atom stereocenters. The number of aliphatic carboxylic acids is 1. The lowest BCUT2D eigenvalue weighted by Crippen LogP contribution is -2.36. The molecule has 2 aromatic rings. The van der Waals surface area contributed by atoms with E-state index >= 15 is 0 Å². The Kier molecular flexibility index (Phi) is 6.64. The number of nitrogens with zero attached hydrogens (tertiary/aromatic N) is 2. The number of hydrogen-bond acceptors (Lipinski definition) is 3. The second kappa shape index (κ2) is 9.15. The van der Waals surface area contributed by atoms with E-state index in [0.29, 0.717) is 6.04 Å². The van der Waals surface area contributed by atoms with Crippen LogP contribution in [0.5, 0.6) is 0 Å². The molecule has 0 amide bonds. The fourth-order valence-electron chi connectivity index (χ4n) is 4.15. The van der Waals surface area contributed by atoms with Gasteiger partial charge in [0.2, 0.25) is 0 Å². The molecule has 1 saturated heterocycles. The summed E-state index contributed by atoms with van der Waals surface area (Å²) in [5.74, 6) is -0.733. The standard InChI is InChI=1S/C22H30N2O2/c1-23(17-22(25)26)20-11-6-15-24(16-13-20)14-5-10-19-9-4-8-18-7-2-3-12-21(18)19/h2-4,7-9,12,20H,5-6,10-11,13-17H2,1H3,(H,25,26)/t20-/m1/s1. The largest absolute Gasteiger partial charge is 0.480 e. The van der Waals surface area contributed by atoms with Crippen molar-refractivity contribution in [2.24, 2.45) is 0 Å². The van der Waals surface area contributed by atoms with Crippen LogP contribution in [0.4, 0.5) is 0 Å². The summed E-state index contributed by atoms with van der Waals surface area (Å²) in [5, 5.41) is 11.7. The highest BCUT2D eigenvalue weighted by Gasteiger charge is 2.21. The van der Waals surface area contributed by atoms with Crippen LogP contribution in [0.2, 0.25) is 0 Å². The van der Waals surface area contributed by atoms with Crippen molar-refractivity contribution in [3.05, 3.63) is 48.0 Å². The SMILES string of the molecule is CN(CC(=O)O)[C@@H]1CCCN(CCCc2cccc3ccccc23)CC1. The van der Waals surface area contributed by atoms with Crippen molar-refractivity contribution in [1.82, 2.24) is 9.80 Å². The minimum atomic E-state index is -0.733. The average Bonchev–Trinajstić information content (AvgIpc) is 2.87. The van der Waals surface area contributed by atoms with Crippen LogP contribution in [0.25, 0.3) is 10.8 Å². The first-order chi connectivity index (χ1) is 12.6. The number of likely N-dealkylation sites (tertiary alicyclic amines) is 1. The Hall–Kier alpha value is -1.91. The Morgan fingerprint density at radius 2 is 1.96 bits per heavy atom. The van der Waals surface area contributed by atoms with E-state index in [4.69, 9.17) is 5.11 Å². The quantitative estimate of drug-likeness (QED) is 0.824. The first-order valence-electron chi connectivity index (χ1n) is 9.74. The normalized spacial score (nSPS) is 18.9. The minimum Gasteiger partial charge on any atom is -0.480 e. The van der Waals surface area contributed by atoms with Gasteiger partial charge in [0.15, 0.2) is 0 Å². The lowest BCUT2D eigenvalue weighted by atomic mass is 10.0. The molecule has 1 aliphatic rings. The molecule has 3 rings (SSSR count). The Bertz CT molecular complexity index is 726. The van der Waals surface area contributed by atoms with Crippen molar-refractivity contribution in [3.63, 3.8) is 0 Å². The fraction of sp³-hybridized carbons (Fsp3) is 0.500. The number of carboxylic acids is 1. The molecular formula is C22H30N2O2. The van der Waals surface area contributed by atoms with E-state index in [9.17, 15) is 4.79 Å². The third-order valence-electron chi connectivity index (χ3n) is 5.60. The molecule has 0 bridgehead atoms. The van der Waals surface area contributed by atoms with Crippen molar-refractivity contribution in [2.45, 2.75) is 38.1 Å². The molecule has 4 heteroatoms. The number of carboxylic acid groups (broad SMARTS) is 1.